The summed E-state index contributed by atoms with van der Waals surface area (Å²) in [5, 5.41) is 0. The van der Waals surface area contributed by atoms with E-state index < -0.39 is 8.32 Å². The van der Waals surface area contributed by atoms with Gasteiger partial charge in [-0.3, -0.25) is 0 Å². The molecule has 2 aromatic rings. The van der Waals surface area contributed by atoms with Gasteiger partial charge in [-0.2, -0.15) is 0 Å². The van der Waals surface area contributed by atoms with Gasteiger partial charge < -0.3 is 4.43 Å². The first-order valence-corrected chi connectivity index (χ1v) is 10.6. The maximum absolute atomic E-state index is 6.26. The molecule has 0 amide bonds. The topological polar surface area (TPSA) is 9.23 Å². The highest BCUT2D eigenvalue weighted by molar-refractivity contribution is 6.70. The Morgan fingerprint density at radius 2 is 1.33 bits per heavy atom. The maximum Gasteiger partial charge on any atom is 0.242 e. The van der Waals surface area contributed by atoms with Crippen molar-refractivity contribution in [2.75, 3.05) is 0 Å². The summed E-state index contributed by atoms with van der Waals surface area (Å²) in [5.74, 6) is 0.906. The molecule has 0 spiro atoms. The summed E-state index contributed by atoms with van der Waals surface area (Å²) in [6, 6.07) is 20.4. The molecule has 0 radical (unpaired) electrons. The Kier molecular flexibility index (Phi) is 4.81. The molecule has 0 fully saturated rings. The fraction of sp³-hybridized carbons (Fsp3) is 0.158. The van der Waals surface area contributed by atoms with Gasteiger partial charge in [0.25, 0.3) is 0 Å². The second-order valence-corrected chi connectivity index (χ2v) is 10.4. The van der Waals surface area contributed by atoms with Crippen molar-refractivity contribution in [3.8, 4) is 0 Å². The van der Waals surface area contributed by atoms with E-state index in [2.05, 4.69) is 50.5 Å². The number of allylic oxidation sites excluding steroid dienone is 2. The summed E-state index contributed by atoms with van der Waals surface area (Å²) in [6.07, 6.45) is 2.04. The molecular weight excluding hydrogens is 272 g/mol. The number of hydrogen-bond acceptors (Lipinski definition) is 1. The molecule has 0 saturated carbocycles. The average molecular weight is 294 g/mol. The molecule has 0 N–H and O–H groups in total. The third-order valence-corrected chi connectivity index (χ3v) is 3.76. The second kappa shape index (κ2) is 6.59. The van der Waals surface area contributed by atoms with Gasteiger partial charge in [-0.1, -0.05) is 67.2 Å². The Morgan fingerprint density at radius 3 is 1.81 bits per heavy atom. The predicted molar refractivity (Wildman–Crippen MR) is 94.3 cm³/mol. The highest BCUT2D eigenvalue weighted by Gasteiger charge is 2.18. The molecule has 0 unspecified atom stereocenters. The summed E-state index contributed by atoms with van der Waals surface area (Å²) in [4.78, 5) is 0. The molecule has 0 bridgehead atoms. The molecule has 0 heterocycles. The highest BCUT2D eigenvalue weighted by atomic mass is 28.4. The van der Waals surface area contributed by atoms with Crippen molar-refractivity contribution < 1.29 is 4.43 Å². The molecule has 0 saturated heterocycles. The van der Waals surface area contributed by atoms with E-state index in [1.54, 1.807) is 0 Å². The monoisotopic (exact) mass is 294 g/mol. The van der Waals surface area contributed by atoms with Crippen LogP contribution < -0.4 is 0 Å². The van der Waals surface area contributed by atoms with E-state index in [4.69, 9.17) is 4.43 Å². The molecule has 1 nitrogen and oxygen atoms in total. The van der Waals surface area contributed by atoms with Gasteiger partial charge in [-0.15, -0.1) is 0 Å². The summed E-state index contributed by atoms with van der Waals surface area (Å²) in [5.41, 5.74) is 3.18. The van der Waals surface area contributed by atoms with Crippen molar-refractivity contribution in [1.29, 1.82) is 0 Å². The lowest BCUT2D eigenvalue weighted by atomic mass is 10.1. The van der Waals surface area contributed by atoms with Gasteiger partial charge in [0.15, 0.2) is 0 Å². The van der Waals surface area contributed by atoms with Crippen molar-refractivity contribution in [2.24, 2.45) is 0 Å². The third-order valence-electron chi connectivity index (χ3n) is 2.92. The number of rotatable bonds is 5. The van der Waals surface area contributed by atoms with Crippen molar-refractivity contribution in [3.63, 3.8) is 0 Å². The van der Waals surface area contributed by atoms with E-state index >= 15 is 0 Å². The molecule has 2 aromatic carbocycles. The van der Waals surface area contributed by atoms with E-state index in [1.165, 1.54) is 0 Å². The summed E-state index contributed by atoms with van der Waals surface area (Å²) in [6.45, 7) is 10.7. The predicted octanol–water partition coefficient (Wildman–Crippen LogP) is 5.59. The van der Waals surface area contributed by atoms with Crippen molar-refractivity contribution in [3.05, 3.63) is 84.4 Å². The second-order valence-electron chi connectivity index (χ2n) is 5.98. The van der Waals surface area contributed by atoms with Crippen LogP contribution in [0.1, 0.15) is 11.1 Å². The van der Waals surface area contributed by atoms with E-state index in [0.717, 1.165) is 22.5 Å². The standard InChI is InChI=1S/C19H22OSi/c1-16(17-11-7-5-8-12-17)15-19(20-21(2,3)4)18-13-9-6-10-14-18/h5-15H,1H2,2-4H3/b19-15-. The van der Waals surface area contributed by atoms with Crippen LogP contribution in [-0.2, 0) is 4.43 Å². The Hall–Kier alpha value is -2.06. The van der Waals surface area contributed by atoms with Gasteiger partial charge in [0.1, 0.15) is 5.76 Å². The molecular formula is C19H22OSi. The lowest BCUT2D eigenvalue weighted by Gasteiger charge is -2.22. The fourth-order valence-electron chi connectivity index (χ4n) is 2.00. The molecule has 108 valence electrons. The molecule has 0 aliphatic heterocycles. The smallest absolute Gasteiger partial charge is 0.242 e. The molecule has 0 atom stereocenters. The minimum absolute atomic E-state index is 0.906. The van der Waals surface area contributed by atoms with Gasteiger partial charge in [-0.25, -0.2) is 0 Å². The van der Waals surface area contributed by atoms with Crippen molar-refractivity contribution in [1.82, 2.24) is 0 Å². The Labute approximate surface area is 128 Å². The maximum atomic E-state index is 6.26. The van der Waals surface area contributed by atoms with Gasteiger partial charge >= 0.3 is 0 Å². The largest absolute Gasteiger partial charge is 0.544 e. The summed E-state index contributed by atoms with van der Waals surface area (Å²) < 4.78 is 6.26. The van der Waals surface area contributed by atoms with E-state index in [0.29, 0.717) is 0 Å². The van der Waals surface area contributed by atoms with Gasteiger partial charge in [-0.05, 0) is 36.9 Å². The molecule has 2 heteroatoms. The van der Waals surface area contributed by atoms with Gasteiger partial charge in [0.05, 0.1) is 0 Å². The third kappa shape index (κ3) is 4.76. The molecule has 0 aromatic heterocycles. The van der Waals surface area contributed by atoms with Crippen LogP contribution in [-0.4, -0.2) is 8.32 Å². The van der Waals surface area contributed by atoms with E-state index in [-0.39, 0.29) is 0 Å². The van der Waals surface area contributed by atoms with Gasteiger partial charge in [0.2, 0.25) is 8.32 Å². The minimum Gasteiger partial charge on any atom is -0.544 e. The lowest BCUT2D eigenvalue weighted by Crippen LogP contribution is -2.24. The van der Waals surface area contributed by atoms with Crippen LogP contribution in [0.3, 0.4) is 0 Å². The Balaban J connectivity index is 2.36. The van der Waals surface area contributed by atoms with E-state index in [9.17, 15) is 0 Å². The van der Waals surface area contributed by atoms with Gasteiger partial charge in [0, 0.05) is 5.56 Å². The molecule has 0 aliphatic carbocycles. The minimum atomic E-state index is -1.68. The van der Waals surface area contributed by atoms with Crippen molar-refractivity contribution in [2.45, 2.75) is 19.6 Å². The van der Waals surface area contributed by atoms with Crippen LogP contribution in [0.4, 0.5) is 0 Å². The van der Waals surface area contributed by atoms with Crippen LogP contribution in [0, 0.1) is 0 Å². The highest BCUT2D eigenvalue weighted by Crippen LogP contribution is 2.25. The zero-order chi connectivity index (χ0) is 15.3. The first kappa shape index (κ1) is 15.3. The van der Waals surface area contributed by atoms with Crippen LogP contribution in [0.2, 0.25) is 19.6 Å². The molecule has 0 aliphatic rings. The van der Waals surface area contributed by atoms with Crippen LogP contribution in [0.15, 0.2) is 73.3 Å². The van der Waals surface area contributed by atoms with E-state index in [1.807, 2.05) is 42.5 Å². The quantitative estimate of drug-likeness (QED) is 0.396. The normalized spacial score (nSPS) is 12.0. The van der Waals surface area contributed by atoms with Crippen LogP contribution in [0.25, 0.3) is 11.3 Å². The van der Waals surface area contributed by atoms with Crippen molar-refractivity contribution >= 4 is 19.6 Å². The first-order chi connectivity index (χ1) is 9.96. The first-order valence-electron chi connectivity index (χ1n) is 7.16. The molecule has 2 rings (SSSR count). The number of hydrogen-bond donors (Lipinski definition) is 0. The van der Waals surface area contributed by atoms with Crippen LogP contribution in [0.5, 0.6) is 0 Å². The Morgan fingerprint density at radius 1 is 0.857 bits per heavy atom. The SMILES string of the molecule is C=C(/C=C(\O[Si](C)(C)C)c1ccccc1)c1ccccc1. The Bertz CT molecular complexity index is 622. The average Bonchev–Trinajstić information content (AvgIpc) is 2.47. The zero-order valence-corrected chi connectivity index (χ0v) is 14.0. The number of benzene rings is 2. The summed E-state index contributed by atoms with van der Waals surface area (Å²) >= 11 is 0. The fourth-order valence-corrected chi connectivity index (χ4v) is 2.83. The van der Waals surface area contributed by atoms with Crippen LogP contribution >= 0.6 is 0 Å². The molecule has 21 heavy (non-hydrogen) atoms. The lowest BCUT2D eigenvalue weighted by molar-refractivity contribution is 0.515. The summed E-state index contributed by atoms with van der Waals surface area (Å²) in [7, 11) is -1.68. The zero-order valence-electron chi connectivity index (χ0n) is 13.0.